The second-order valence-corrected chi connectivity index (χ2v) is 8.18. The zero-order valence-electron chi connectivity index (χ0n) is 19.7. The Kier molecular flexibility index (Phi) is 11.1. The largest absolute Gasteiger partial charge is 0.494 e. The molecule has 0 aliphatic heterocycles. The molecule has 0 radical (unpaired) electrons. The van der Waals surface area contributed by atoms with Crippen LogP contribution in [0, 0.1) is 0 Å². The smallest absolute Gasteiger partial charge is 0.243 e. The summed E-state index contributed by atoms with van der Waals surface area (Å²) in [5, 5.41) is 6.03. The van der Waals surface area contributed by atoms with Gasteiger partial charge in [-0.15, -0.1) is 0 Å². The minimum atomic E-state index is -0.126. The molecule has 2 rings (SSSR count). The number of anilines is 2. The van der Waals surface area contributed by atoms with Gasteiger partial charge in [0.05, 0.1) is 13.2 Å². The van der Waals surface area contributed by atoms with Gasteiger partial charge in [-0.3, -0.25) is 9.59 Å². The summed E-state index contributed by atoms with van der Waals surface area (Å²) >= 11 is 0. The Morgan fingerprint density at radius 3 is 2.41 bits per heavy atom. The summed E-state index contributed by atoms with van der Waals surface area (Å²) in [6.07, 6.45) is 7.19. The Bertz CT molecular complexity index is 834. The molecule has 0 aliphatic carbocycles. The molecule has 6 heteroatoms. The summed E-state index contributed by atoms with van der Waals surface area (Å²) in [6.45, 7) is 3.12. The number of hydrogen-bond donors (Lipinski definition) is 2. The normalized spacial score (nSPS) is 10.5. The number of nitrogens with zero attached hydrogens (tertiary/aromatic N) is 1. The lowest BCUT2D eigenvalue weighted by molar-refractivity contribution is -0.128. The zero-order valence-corrected chi connectivity index (χ0v) is 19.7. The van der Waals surface area contributed by atoms with E-state index < -0.39 is 0 Å². The molecule has 6 nitrogen and oxygen atoms in total. The highest BCUT2D eigenvalue weighted by Gasteiger charge is 2.07. The molecule has 0 atom stereocenters. The third-order valence-corrected chi connectivity index (χ3v) is 5.16. The highest BCUT2D eigenvalue weighted by atomic mass is 16.5. The number of benzene rings is 2. The first kappa shape index (κ1) is 25.2. The van der Waals surface area contributed by atoms with Crippen molar-refractivity contribution in [1.29, 1.82) is 0 Å². The molecular formula is C26H37N3O3. The molecule has 0 saturated heterocycles. The number of hydrogen-bond acceptors (Lipinski definition) is 4. The summed E-state index contributed by atoms with van der Waals surface area (Å²) in [5.41, 5.74) is 2.62. The van der Waals surface area contributed by atoms with E-state index in [1.807, 2.05) is 48.5 Å². The number of ether oxygens (including phenoxy) is 1. The van der Waals surface area contributed by atoms with Crippen molar-refractivity contribution in [1.82, 2.24) is 4.90 Å². The number of carbonyl (C=O) groups is 2. The van der Waals surface area contributed by atoms with E-state index in [0.29, 0.717) is 12.8 Å². The van der Waals surface area contributed by atoms with Crippen molar-refractivity contribution in [3.63, 3.8) is 0 Å². The maximum Gasteiger partial charge on any atom is 0.243 e. The van der Waals surface area contributed by atoms with Gasteiger partial charge in [-0.1, -0.05) is 44.7 Å². The lowest BCUT2D eigenvalue weighted by atomic mass is 10.1. The number of rotatable bonds is 14. The van der Waals surface area contributed by atoms with E-state index in [4.69, 9.17) is 4.74 Å². The van der Waals surface area contributed by atoms with Crippen LogP contribution in [0.2, 0.25) is 0 Å². The molecule has 0 aliphatic rings. The van der Waals surface area contributed by atoms with Gasteiger partial charge in [0.15, 0.2) is 0 Å². The Hall–Kier alpha value is -3.02. The third-order valence-electron chi connectivity index (χ3n) is 5.16. The van der Waals surface area contributed by atoms with E-state index in [0.717, 1.165) is 35.7 Å². The summed E-state index contributed by atoms with van der Waals surface area (Å²) in [4.78, 5) is 25.7. The molecule has 2 N–H and O–H groups in total. The van der Waals surface area contributed by atoms with Crippen LogP contribution < -0.4 is 15.4 Å². The fourth-order valence-electron chi connectivity index (χ4n) is 3.23. The van der Waals surface area contributed by atoms with Crippen LogP contribution in [0.3, 0.4) is 0 Å². The van der Waals surface area contributed by atoms with Gasteiger partial charge in [-0.05, 0) is 54.8 Å². The van der Waals surface area contributed by atoms with Crippen LogP contribution in [-0.2, 0) is 16.0 Å². The Balaban J connectivity index is 1.71. The molecule has 0 spiro atoms. The van der Waals surface area contributed by atoms with Crippen molar-refractivity contribution < 1.29 is 14.3 Å². The number of carbonyl (C=O) groups excluding carboxylic acids is 2. The molecule has 0 bridgehead atoms. The molecule has 32 heavy (non-hydrogen) atoms. The summed E-state index contributed by atoms with van der Waals surface area (Å²) in [7, 11) is 3.50. The molecule has 0 fully saturated rings. The quantitative estimate of drug-likeness (QED) is 0.402. The van der Waals surface area contributed by atoms with Crippen LogP contribution in [0.4, 0.5) is 11.4 Å². The molecule has 0 unspecified atom stereocenters. The van der Waals surface area contributed by atoms with Crippen molar-refractivity contribution in [3.05, 3.63) is 54.1 Å². The Labute approximate surface area is 192 Å². The molecule has 0 saturated carbocycles. The van der Waals surface area contributed by atoms with Crippen LogP contribution in [0.15, 0.2) is 48.5 Å². The first-order valence-electron chi connectivity index (χ1n) is 11.5. The van der Waals surface area contributed by atoms with E-state index in [1.165, 1.54) is 25.7 Å². The van der Waals surface area contributed by atoms with Gasteiger partial charge in [0.25, 0.3) is 0 Å². The van der Waals surface area contributed by atoms with Crippen molar-refractivity contribution in [2.45, 2.75) is 51.9 Å². The predicted molar refractivity (Wildman–Crippen MR) is 131 cm³/mol. The number of nitrogens with one attached hydrogen (secondary N) is 2. The summed E-state index contributed by atoms with van der Waals surface area (Å²) < 4.78 is 5.77. The zero-order chi connectivity index (χ0) is 23.2. The van der Waals surface area contributed by atoms with Gasteiger partial charge in [0, 0.05) is 31.9 Å². The molecule has 2 aromatic carbocycles. The first-order chi connectivity index (χ1) is 15.5. The number of unbranched alkanes of at least 4 members (excludes halogenated alkanes) is 4. The third kappa shape index (κ3) is 9.86. The van der Waals surface area contributed by atoms with Crippen molar-refractivity contribution in [2.24, 2.45) is 0 Å². The van der Waals surface area contributed by atoms with Gasteiger partial charge < -0.3 is 20.3 Å². The maximum atomic E-state index is 12.3. The van der Waals surface area contributed by atoms with Crippen molar-refractivity contribution in [3.8, 4) is 5.75 Å². The van der Waals surface area contributed by atoms with Crippen LogP contribution in [0.5, 0.6) is 5.75 Å². The maximum absolute atomic E-state index is 12.3. The lowest BCUT2D eigenvalue weighted by Gasteiger charge is -2.11. The molecule has 174 valence electrons. The summed E-state index contributed by atoms with van der Waals surface area (Å²) in [6, 6.07) is 15.3. The van der Waals surface area contributed by atoms with Gasteiger partial charge in [-0.2, -0.15) is 0 Å². The minimum Gasteiger partial charge on any atom is -0.494 e. The summed E-state index contributed by atoms with van der Waals surface area (Å²) in [5.74, 6) is 0.811. The van der Waals surface area contributed by atoms with Crippen LogP contribution in [-0.4, -0.2) is 44.0 Å². The van der Waals surface area contributed by atoms with E-state index in [1.54, 1.807) is 19.0 Å². The fourth-order valence-corrected chi connectivity index (χ4v) is 3.23. The van der Waals surface area contributed by atoms with Gasteiger partial charge in [-0.25, -0.2) is 0 Å². The van der Waals surface area contributed by atoms with Gasteiger partial charge >= 0.3 is 0 Å². The molecule has 2 amide bonds. The van der Waals surface area contributed by atoms with E-state index >= 15 is 0 Å². The van der Waals surface area contributed by atoms with Crippen molar-refractivity contribution in [2.75, 3.05) is 37.9 Å². The van der Waals surface area contributed by atoms with Gasteiger partial charge in [0.2, 0.25) is 11.8 Å². The lowest BCUT2D eigenvalue weighted by Crippen LogP contribution is -2.22. The molecule has 2 aromatic rings. The SMILES string of the molecule is CCCCCCCOc1ccc(NCC(=O)Nc2cccc(CCC(=O)N(C)C)c2)cc1. The average Bonchev–Trinajstić information content (AvgIpc) is 2.79. The Morgan fingerprint density at radius 2 is 1.69 bits per heavy atom. The van der Waals surface area contributed by atoms with Crippen LogP contribution in [0.1, 0.15) is 51.0 Å². The number of aryl methyl sites for hydroxylation is 1. The van der Waals surface area contributed by atoms with Crippen LogP contribution >= 0.6 is 0 Å². The highest BCUT2D eigenvalue weighted by Crippen LogP contribution is 2.17. The fraction of sp³-hybridized carbons (Fsp3) is 0.462. The second kappa shape index (κ2) is 14.1. The Morgan fingerprint density at radius 1 is 0.938 bits per heavy atom. The van der Waals surface area contributed by atoms with E-state index in [-0.39, 0.29) is 18.4 Å². The number of amides is 2. The minimum absolute atomic E-state index is 0.0898. The average molecular weight is 440 g/mol. The molecule has 0 aromatic heterocycles. The van der Waals surface area contributed by atoms with Gasteiger partial charge in [0.1, 0.15) is 5.75 Å². The highest BCUT2D eigenvalue weighted by molar-refractivity contribution is 5.93. The van der Waals surface area contributed by atoms with E-state index in [2.05, 4.69) is 17.6 Å². The predicted octanol–water partition coefficient (Wildman–Crippen LogP) is 5.11. The monoisotopic (exact) mass is 439 g/mol. The van der Waals surface area contributed by atoms with E-state index in [9.17, 15) is 9.59 Å². The topological polar surface area (TPSA) is 70.7 Å². The first-order valence-corrected chi connectivity index (χ1v) is 11.5. The van der Waals surface area contributed by atoms with Crippen molar-refractivity contribution >= 4 is 23.2 Å². The second-order valence-electron chi connectivity index (χ2n) is 8.18. The van der Waals surface area contributed by atoms with Crippen LogP contribution in [0.25, 0.3) is 0 Å². The standard InChI is InChI=1S/C26H37N3O3/c1-4-5-6-7-8-18-32-24-15-13-22(14-16-24)27-20-25(30)28-23-11-9-10-21(19-23)12-17-26(31)29(2)3/h9-11,13-16,19,27H,4-8,12,17-18,20H2,1-3H3,(H,28,30). The molecular weight excluding hydrogens is 402 g/mol. The molecule has 0 heterocycles.